The van der Waals surface area contributed by atoms with Crippen LogP contribution in [0.25, 0.3) is 0 Å². The van der Waals surface area contributed by atoms with Gasteiger partial charge in [-0.3, -0.25) is 0 Å². The fourth-order valence-electron chi connectivity index (χ4n) is 6.45. The zero-order valence-electron chi connectivity index (χ0n) is 30.8. The largest absolute Gasteiger partial charge is 0.474 e. The molecule has 0 radical (unpaired) electrons. The SMILES string of the molecule is C=C[C@@H](C[C@@H](C)CC)[C@H](C)Oc1cc(O[C@H]2CCN(C(=O)OC(C)(C)C)[C@H](CC#N)C2)nc(/C(N)=N/OC(=O)C2(c3ccccc3P)CCC2)n1. The molecule has 2 aromatic rings. The maximum atomic E-state index is 13.5. The number of piperidine rings is 1. The van der Waals surface area contributed by atoms with Gasteiger partial charge in [-0.25, -0.2) is 9.59 Å². The van der Waals surface area contributed by atoms with Gasteiger partial charge in [0, 0.05) is 25.3 Å². The number of ether oxygens (including phenoxy) is 3. The van der Waals surface area contributed by atoms with Crippen LogP contribution in [0.3, 0.4) is 0 Å². The Morgan fingerprint density at radius 3 is 2.55 bits per heavy atom. The van der Waals surface area contributed by atoms with E-state index in [2.05, 4.69) is 50.9 Å². The van der Waals surface area contributed by atoms with Crippen molar-refractivity contribution in [3.63, 3.8) is 0 Å². The van der Waals surface area contributed by atoms with Gasteiger partial charge in [-0.2, -0.15) is 15.2 Å². The molecular formula is C38H53N6O6P. The van der Waals surface area contributed by atoms with Gasteiger partial charge in [0.15, 0.2) is 0 Å². The molecule has 1 aliphatic heterocycles. The van der Waals surface area contributed by atoms with Crippen molar-refractivity contribution in [2.24, 2.45) is 22.7 Å². The number of aromatic nitrogens is 2. The van der Waals surface area contributed by atoms with E-state index in [9.17, 15) is 14.9 Å². The number of rotatable bonds is 14. The van der Waals surface area contributed by atoms with Gasteiger partial charge >= 0.3 is 12.1 Å². The van der Waals surface area contributed by atoms with E-state index in [1.54, 1.807) is 31.7 Å². The van der Waals surface area contributed by atoms with E-state index in [1.165, 1.54) is 0 Å². The topological polar surface area (TPSA) is 162 Å². The lowest BCUT2D eigenvalue weighted by Gasteiger charge is -2.39. The number of likely N-dealkylation sites (tertiary alicyclic amines) is 1. The molecule has 2 aliphatic rings. The molecule has 2 N–H and O–H groups in total. The molecule has 1 saturated heterocycles. The first-order chi connectivity index (χ1) is 24.2. The Morgan fingerprint density at radius 2 is 1.94 bits per heavy atom. The molecule has 13 heteroatoms. The summed E-state index contributed by atoms with van der Waals surface area (Å²) in [6, 6.07) is 11.0. The lowest BCUT2D eigenvalue weighted by atomic mass is 9.64. The van der Waals surface area contributed by atoms with E-state index in [0.717, 1.165) is 30.1 Å². The molecule has 276 valence electrons. The van der Waals surface area contributed by atoms with Crippen LogP contribution in [0.4, 0.5) is 4.79 Å². The van der Waals surface area contributed by atoms with Crippen LogP contribution in [0.1, 0.15) is 104 Å². The van der Waals surface area contributed by atoms with Crippen molar-refractivity contribution in [2.75, 3.05) is 6.54 Å². The number of hydrogen-bond donors (Lipinski definition) is 1. The van der Waals surface area contributed by atoms with Crippen molar-refractivity contribution in [3.05, 3.63) is 54.4 Å². The predicted octanol–water partition coefficient (Wildman–Crippen LogP) is 6.33. The summed E-state index contributed by atoms with van der Waals surface area (Å²) in [5.41, 5.74) is 5.79. The molecule has 1 aromatic carbocycles. The number of benzene rings is 1. The molecule has 0 spiro atoms. The Morgan fingerprint density at radius 1 is 1.24 bits per heavy atom. The second-order valence-corrected chi connectivity index (χ2v) is 15.3. The molecule has 4 rings (SSSR count). The van der Waals surface area contributed by atoms with Gasteiger partial charge in [0.25, 0.3) is 0 Å². The third kappa shape index (κ3) is 10.2. The highest BCUT2D eigenvalue weighted by Crippen LogP contribution is 2.44. The number of oxime groups is 1. The normalized spacial score (nSPS) is 20.5. The number of carbonyl (C=O) groups is 2. The number of nitrogens with two attached hydrogens (primary N) is 1. The Bertz CT molecular complexity index is 1620. The molecule has 1 amide bonds. The highest BCUT2D eigenvalue weighted by atomic mass is 31.0. The number of nitrogens with zero attached hydrogens (tertiary/aromatic N) is 5. The minimum atomic E-state index is -0.804. The smallest absolute Gasteiger partial charge is 0.410 e. The van der Waals surface area contributed by atoms with Gasteiger partial charge in [-0.05, 0) is 63.7 Å². The van der Waals surface area contributed by atoms with Gasteiger partial charge in [-0.1, -0.05) is 62.2 Å². The van der Waals surface area contributed by atoms with Gasteiger partial charge in [-0.15, -0.1) is 15.8 Å². The first kappa shape index (κ1) is 39.6. The van der Waals surface area contributed by atoms with E-state index < -0.39 is 29.1 Å². The molecule has 1 saturated carbocycles. The number of amides is 1. The number of carbonyl (C=O) groups excluding carboxylic acids is 2. The average molecular weight is 721 g/mol. The second kappa shape index (κ2) is 17.3. The summed E-state index contributed by atoms with van der Waals surface area (Å²) in [7, 11) is 2.69. The van der Waals surface area contributed by atoms with Crippen molar-refractivity contribution in [1.29, 1.82) is 5.26 Å². The monoisotopic (exact) mass is 720 g/mol. The highest BCUT2D eigenvalue weighted by molar-refractivity contribution is 7.27. The van der Waals surface area contributed by atoms with Crippen molar-refractivity contribution < 1.29 is 28.6 Å². The lowest BCUT2D eigenvalue weighted by Crippen LogP contribution is -2.50. The maximum Gasteiger partial charge on any atom is 0.410 e. The summed E-state index contributed by atoms with van der Waals surface area (Å²) in [5.74, 6) is 0.148. The van der Waals surface area contributed by atoms with E-state index >= 15 is 0 Å². The molecule has 1 aliphatic carbocycles. The quantitative estimate of drug-likeness (QED) is 0.0583. The van der Waals surface area contributed by atoms with Crippen LogP contribution in [-0.4, -0.2) is 63.2 Å². The molecule has 51 heavy (non-hydrogen) atoms. The third-order valence-electron chi connectivity index (χ3n) is 9.70. The zero-order valence-corrected chi connectivity index (χ0v) is 31.9. The van der Waals surface area contributed by atoms with E-state index in [-0.39, 0.29) is 48.0 Å². The Hall–Kier alpha value is -4.23. The third-order valence-corrected chi connectivity index (χ3v) is 10.2. The summed E-state index contributed by atoms with van der Waals surface area (Å²) < 4.78 is 18.3. The zero-order chi connectivity index (χ0) is 37.3. The van der Waals surface area contributed by atoms with Crippen LogP contribution in [0.15, 0.2) is 48.1 Å². The molecule has 0 bridgehead atoms. The van der Waals surface area contributed by atoms with Gasteiger partial charge in [0.1, 0.15) is 17.8 Å². The molecule has 2 heterocycles. The van der Waals surface area contributed by atoms with Crippen molar-refractivity contribution in [1.82, 2.24) is 14.9 Å². The van der Waals surface area contributed by atoms with E-state index in [1.807, 2.05) is 37.3 Å². The molecule has 12 nitrogen and oxygen atoms in total. The van der Waals surface area contributed by atoms with E-state index in [0.29, 0.717) is 38.1 Å². The van der Waals surface area contributed by atoms with Gasteiger partial charge in [0.2, 0.25) is 23.4 Å². The van der Waals surface area contributed by atoms with Crippen LogP contribution in [0.2, 0.25) is 0 Å². The van der Waals surface area contributed by atoms with E-state index in [4.69, 9.17) is 24.8 Å². The van der Waals surface area contributed by atoms with Crippen LogP contribution in [-0.2, 0) is 19.8 Å². The Labute approximate surface area is 304 Å². The average Bonchev–Trinajstić information content (AvgIpc) is 3.05. The molecular weight excluding hydrogens is 667 g/mol. The van der Waals surface area contributed by atoms with Gasteiger partial charge in [0.05, 0.1) is 30.0 Å². The first-order valence-corrected chi connectivity index (χ1v) is 18.4. The highest BCUT2D eigenvalue weighted by Gasteiger charge is 2.48. The van der Waals surface area contributed by atoms with Gasteiger partial charge < -0.3 is 29.7 Å². The summed E-state index contributed by atoms with van der Waals surface area (Å²) in [6.07, 6.45) is 5.82. The summed E-state index contributed by atoms with van der Waals surface area (Å²) in [6.45, 7) is 16.1. The van der Waals surface area contributed by atoms with Crippen molar-refractivity contribution >= 4 is 32.4 Å². The Kier molecular flexibility index (Phi) is 13.4. The molecule has 6 atom stereocenters. The Balaban J connectivity index is 1.59. The lowest BCUT2D eigenvalue weighted by molar-refractivity contribution is -0.154. The number of amidine groups is 1. The predicted molar refractivity (Wildman–Crippen MR) is 199 cm³/mol. The maximum absolute atomic E-state index is 13.5. The fourth-order valence-corrected chi connectivity index (χ4v) is 6.93. The van der Waals surface area contributed by atoms with Crippen LogP contribution in [0, 0.1) is 23.2 Å². The molecule has 2 fully saturated rings. The summed E-state index contributed by atoms with van der Waals surface area (Å²) >= 11 is 0. The molecule has 1 unspecified atom stereocenters. The number of nitriles is 1. The van der Waals surface area contributed by atoms with Crippen molar-refractivity contribution in [2.45, 2.75) is 122 Å². The second-order valence-electron chi connectivity index (χ2n) is 14.7. The molecule has 1 aromatic heterocycles. The van der Waals surface area contributed by atoms with Crippen molar-refractivity contribution in [3.8, 4) is 17.8 Å². The summed E-state index contributed by atoms with van der Waals surface area (Å²) in [4.78, 5) is 42.5. The van der Waals surface area contributed by atoms with Crippen LogP contribution < -0.4 is 20.5 Å². The minimum absolute atomic E-state index is 0.0338. The van der Waals surface area contributed by atoms with Crippen LogP contribution in [0.5, 0.6) is 11.8 Å². The first-order valence-electron chi connectivity index (χ1n) is 17.8. The fraction of sp³-hybridized carbons (Fsp3) is 0.579. The van der Waals surface area contributed by atoms with Crippen LogP contribution >= 0.6 is 9.24 Å². The standard InChI is InChI=1S/C38H53N6O6P/c1-8-24(3)21-26(9-2)25(4)47-31-23-32(48-28-16-20-44(27(22-28)15-19-39)36(46)49-37(5,6)7)42-34(41-31)33(40)43-50-35(45)38(17-12-18-38)29-13-10-11-14-30(29)51/h9-11,13-14,23-28H,2,8,12,15-18,20-22,51H2,1,3-7H3,(H2,40,43)/t24-,25-,26-,27+,28-/m0/s1. The minimum Gasteiger partial charge on any atom is -0.474 e. The number of hydrogen-bond acceptors (Lipinski definition) is 10. The summed E-state index contributed by atoms with van der Waals surface area (Å²) in [5, 5.41) is 14.5.